The molecule has 2 amide bonds. The number of halogens is 2. The summed E-state index contributed by atoms with van der Waals surface area (Å²) in [5, 5.41) is 4.40. The fourth-order valence-electron chi connectivity index (χ4n) is 1.87. The second-order valence-corrected chi connectivity index (χ2v) is 4.60. The summed E-state index contributed by atoms with van der Waals surface area (Å²) >= 11 is 0. The molecule has 24 heavy (non-hydrogen) atoms. The lowest BCUT2D eigenvalue weighted by Gasteiger charge is -2.11. The average molecular weight is 336 g/mol. The molecule has 0 atom stereocenters. The van der Waals surface area contributed by atoms with Gasteiger partial charge in [-0.05, 0) is 24.3 Å². The van der Waals surface area contributed by atoms with E-state index in [0.29, 0.717) is 17.6 Å². The zero-order chi connectivity index (χ0) is 17.7. The van der Waals surface area contributed by atoms with Crippen molar-refractivity contribution in [2.75, 3.05) is 24.9 Å². The highest BCUT2D eigenvalue weighted by Crippen LogP contribution is 2.29. The maximum Gasteiger partial charge on any atom is 0.314 e. The predicted octanol–water partition coefficient (Wildman–Crippen LogP) is 2.56. The van der Waals surface area contributed by atoms with Crippen LogP contribution >= 0.6 is 0 Å². The van der Waals surface area contributed by atoms with Gasteiger partial charge in [-0.3, -0.25) is 9.59 Å². The van der Waals surface area contributed by atoms with Crippen LogP contribution in [0.4, 0.5) is 20.2 Å². The molecule has 0 radical (unpaired) electrons. The van der Waals surface area contributed by atoms with Crippen molar-refractivity contribution < 1.29 is 27.8 Å². The third kappa shape index (κ3) is 3.97. The summed E-state index contributed by atoms with van der Waals surface area (Å²) < 4.78 is 36.4. The fourth-order valence-corrected chi connectivity index (χ4v) is 1.87. The lowest BCUT2D eigenvalue weighted by molar-refractivity contribution is -0.133. The second kappa shape index (κ2) is 7.40. The number of hydrogen-bond acceptors (Lipinski definition) is 4. The van der Waals surface area contributed by atoms with Crippen molar-refractivity contribution >= 4 is 23.2 Å². The van der Waals surface area contributed by atoms with Crippen LogP contribution in [-0.4, -0.2) is 26.0 Å². The van der Waals surface area contributed by atoms with Gasteiger partial charge in [-0.1, -0.05) is 0 Å². The van der Waals surface area contributed by atoms with Gasteiger partial charge in [0.25, 0.3) is 0 Å². The number of hydrogen-bond donors (Lipinski definition) is 2. The van der Waals surface area contributed by atoms with E-state index in [1.165, 1.54) is 26.4 Å². The molecule has 0 spiro atoms. The van der Waals surface area contributed by atoms with Crippen LogP contribution in [-0.2, 0) is 9.59 Å². The van der Waals surface area contributed by atoms with E-state index in [1.54, 1.807) is 6.07 Å². The number of carbonyl (C=O) groups is 2. The molecule has 2 rings (SSSR count). The molecular weight excluding hydrogens is 322 g/mol. The molecule has 0 heterocycles. The molecule has 0 unspecified atom stereocenters. The van der Waals surface area contributed by atoms with Crippen molar-refractivity contribution in [1.29, 1.82) is 0 Å². The van der Waals surface area contributed by atoms with Crippen LogP contribution in [0.2, 0.25) is 0 Å². The minimum atomic E-state index is -1.10. The van der Waals surface area contributed by atoms with Crippen LogP contribution in [0.3, 0.4) is 0 Å². The zero-order valence-electron chi connectivity index (χ0n) is 12.9. The quantitative estimate of drug-likeness (QED) is 0.842. The number of anilines is 2. The summed E-state index contributed by atoms with van der Waals surface area (Å²) in [4.78, 5) is 23.6. The molecule has 0 aliphatic carbocycles. The van der Waals surface area contributed by atoms with E-state index in [4.69, 9.17) is 9.47 Å². The molecule has 0 saturated carbocycles. The Balaban J connectivity index is 2.07. The van der Waals surface area contributed by atoms with Gasteiger partial charge < -0.3 is 20.1 Å². The molecule has 6 nitrogen and oxygen atoms in total. The minimum absolute atomic E-state index is 0.285. The molecule has 0 aliphatic heterocycles. The molecule has 0 aliphatic rings. The summed E-state index contributed by atoms with van der Waals surface area (Å²) in [6, 6.07) is 7.10. The summed E-state index contributed by atoms with van der Waals surface area (Å²) in [6.45, 7) is 0. The standard InChI is InChI=1S/C16H14F2N2O4/c1-23-13-6-4-10(8-14(13)24-2)19-15(21)16(22)20-12-5-3-9(17)7-11(12)18/h3-8H,1-2H3,(H,19,21)(H,20,22). The van der Waals surface area contributed by atoms with Gasteiger partial charge in [0.05, 0.1) is 19.9 Å². The van der Waals surface area contributed by atoms with Crippen molar-refractivity contribution in [1.82, 2.24) is 0 Å². The topological polar surface area (TPSA) is 76.7 Å². The van der Waals surface area contributed by atoms with Crippen molar-refractivity contribution in [3.05, 3.63) is 48.0 Å². The Bertz CT molecular complexity index is 781. The second-order valence-electron chi connectivity index (χ2n) is 4.60. The number of rotatable bonds is 4. The fraction of sp³-hybridized carbons (Fsp3) is 0.125. The van der Waals surface area contributed by atoms with Crippen LogP contribution in [0.5, 0.6) is 11.5 Å². The molecule has 2 aromatic rings. The summed E-state index contributed by atoms with van der Waals surface area (Å²) in [5.74, 6) is -3.09. The average Bonchev–Trinajstić information content (AvgIpc) is 2.57. The van der Waals surface area contributed by atoms with E-state index in [-0.39, 0.29) is 11.4 Å². The molecule has 2 N–H and O–H groups in total. The van der Waals surface area contributed by atoms with Gasteiger partial charge in [0.1, 0.15) is 11.6 Å². The first kappa shape index (κ1) is 17.2. The van der Waals surface area contributed by atoms with Gasteiger partial charge in [-0.2, -0.15) is 0 Å². The zero-order valence-corrected chi connectivity index (χ0v) is 12.9. The molecule has 0 fully saturated rings. The Morgan fingerprint density at radius 1 is 0.875 bits per heavy atom. The van der Waals surface area contributed by atoms with Crippen LogP contribution < -0.4 is 20.1 Å². The monoisotopic (exact) mass is 336 g/mol. The minimum Gasteiger partial charge on any atom is -0.493 e. The van der Waals surface area contributed by atoms with E-state index >= 15 is 0 Å². The summed E-state index contributed by atoms with van der Waals surface area (Å²) in [7, 11) is 2.88. The first-order valence-corrected chi connectivity index (χ1v) is 6.74. The number of benzene rings is 2. The Labute approximate surface area is 136 Å². The third-order valence-electron chi connectivity index (χ3n) is 3.03. The maximum atomic E-state index is 13.5. The van der Waals surface area contributed by atoms with Gasteiger partial charge >= 0.3 is 11.8 Å². The van der Waals surface area contributed by atoms with Crippen LogP contribution in [0.1, 0.15) is 0 Å². The van der Waals surface area contributed by atoms with Gasteiger partial charge in [0.2, 0.25) is 0 Å². The normalized spacial score (nSPS) is 10.0. The van der Waals surface area contributed by atoms with E-state index in [0.717, 1.165) is 12.1 Å². The molecule has 0 aromatic heterocycles. The Kier molecular flexibility index (Phi) is 5.31. The van der Waals surface area contributed by atoms with Gasteiger partial charge in [0.15, 0.2) is 11.5 Å². The Morgan fingerprint density at radius 3 is 2.17 bits per heavy atom. The van der Waals surface area contributed by atoms with E-state index < -0.39 is 23.4 Å². The summed E-state index contributed by atoms with van der Waals surface area (Å²) in [6.07, 6.45) is 0. The number of nitrogens with one attached hydrogen (secondary N) is 2. The van der Waals surface area contributed by atoms with Crippen LogP contribution in [0.25, 0.3) is 0 Å². The van der Waals surface area contributed by atoms with Crippen molar-refractivity contribution in [2.24, 2.45) is 0 Å². The van der Waals surface area contributed by atoms with Crippen molar-refractivity contribution in [3.8, 4) is 11.5 Å². The largest absolute Gasteiger partial charge is 0.493 e. The number of ether oxygens (including phenoxy) is 2. The first-order valence-electron chi connectivity index (χ1n) is 6.74. The first-order chi connectivity index (χ1) is 11.4. The number of carbonyl (C=O) groups excluding carboxylic acids is 2. The van der Waals surface area contributed by atoms with E-state index in [1.807, 2.05) is 0 Å². The van der Waals surface area contributed by atoms with Gasteiger partial charge in [0, 0.05) is 17.8 Å². The van der Waals surface area contributed by atoms with Crippen LogP contribution in [0.15, 0.2) is 36.4 Å². The van der Waals surface area contributed by atoms with Gasteiger partial charge in [-0.25, -0.2) is 8.78 Å². The van der Waals surface area contributed by atoms with Crippen molar-refractivity contribution in [3.63, 3.8) is 0 Å². The van der Waals surface area contributed by atoms with E-state index in [9.17, 15) is 18.4 Å². The molecule has 126 valence electrons. The molecule has 0 bridgehead atoms. The molecule has 0 saturated heterocycles. The van der Waals surface area contributed by atoms with Crippen LogP contribution in [0, 0.1) is 11.6 Å². The maximum absolute atomic E-state index is 13.5. The third-order valence-corrected chi connectivity index (χ3v) is 3.03. The Morgan fingerprint density at radius 2 is 1.54 bits per heavy atom. The molecule has 8 heteroatoms. The smallest absolute Gasteiger partial charge is 0.314 e. The highest BCUT2D eigenvalue weighted by Gasteiger charge is 2.17. The number of amides is 2. The van der Waals surface area contributed by atoms with Gasteiger partial charge in [-0.15, -0.1) is 0 Å². The molecule has 2 aromatic carbocycles. The van der Waals surface area contributed by atoms with Crippen molar-refractivity contribution in [2.45, 2.75) is 0 Å². The predicted molar refractivity (Wildman–Crippen MR) is 83.2 cm³/mol. The highest BCUT2D eigenvalue weighted by atomic mass is 19.1. The number of methoxy groups -OCH3 is 2. The lowest BCUT2D eigenvalue weighted by Crippen LogP contribution is -2.29. The Hall–Kier alpha value is -3.16. The lowest BCUT2D eigenvalue weighted by atomic mass is 10.2. The molecular formula is C16H14F2N2O4. The SMILES string of the molecule is COc1ccc(NC(=O)C(=O)Nc2ccc(F)cc2F)cc1OC. The highest BCUT2D eigenvalue weighted by molar-refractivity contribution is 6.43. The summed E-state index contributed by atoms with van der Waals surface area (Å²) in [5.41, 5.74) is -0.0174. The van der Waals surface area contributed by atoms with E-state index in [2.05, 4.69) is 10.6 Å².